The van der Waals surface area contributed by atoms with Gasteiger partial charge in [-0.1, -0.05) is 6.07 Å². The molecule has 5 heteroatoms. The van der Waals surface area contributed by atoms with E-state index in [4.69, 9.17) is 0 Å². The Morgan fingerprint density at radius 2 is 2.10 bits per heavy atom. The Bertz CT molecular complexity index is 806. The van der Waals surface area contributed by atoms with E-state index in [1.807, 2.05) is 23.8 Å². The molecule has 2 aromatic heterocycles. The van der Waals surface area contributed by atoms with Crippen LogP contribution < -0.4 is 10.6 Å². The molecule has 5 nitrogen and oxygen atoms in total. The Morgan fingerprint density at radius 3 is 3.00 bits per heavy atom. The Morgan fingerprint density at radius 1 is 1.19 bits per heavy atom. The van der Waals surface area contributed by atoms with Crippen LogP contribution in [0.2, 0.25) is 0 Å². The number of fused-ring (bicyclic) bond motifs is 2. The van der Waals surface area contributed by atoms with Crippen molar-refractivity contribution in [3.05, 3.63) is 47.9 Å². The summed E-state index contributed by atoms with van der Waals surface area (Å²) in [5, 5.41) is 6.48. The van der Waals surface area contributed by atoms with Crippen LogP contribution in [0.1, 0.15) is 17.5 Å². The molecule has 3 aromatic rings. The maximum atomic E-state index is 4.57. The lowest BCUT2D eigenvalue weighted by Gasteiger charge is -2.10. The van der Waals surface area contributed by atoms with Gasteiger partial charge in [0.15, 0.2) is 11.5 Å². The summed E-state index contributed by atoms with van der Waals surface area (Å²) in [7, 11) is 1.87. The number of nitrogens with zero attached hydrogens (tertiary/aromatic N) is 3. The van der Waals surface area contributed by atoms with Crippen molar-refractivity contribution in [1.29, 1.82) is 0 Å². The molecule has 0 spiro atoms. The molecule has 1 aromatic carbocycles. The molecule has 1 aliphatic rings. The highest BCUT2D eigenvalue weighted by molar-refractivity contribution is 5.72. The molecule has 0 amide bonds. The lowest BCUT2D eigenvalue weighted by molar-refractivity contribution is 0.912. The van der Waals surface area contributed by atoms with E-state index >= 15 is 0 Å². The van der Waals surface area contributed by atoms with Crippen molar-refractivity contribution in [3.8, 4) is 0 Å². The third-order valence-corrected chi connectivity index (χ3v) is 3.99. The van der Waals surface area contributed by atoms with Crippen molar-refractivity contribution in [3.63, 3.8) is 0 Å². The Balaban J connectivity index is 1.75. The van der Waals surface area contributed by atoms with Crippen LogP contribution in [0.3, 0.4) is 0 Å². The molecular weight excluding hydrogens is 262 g/mol. The van der Waals surface area contributed by atoms with Gasteiger partial charge in [0.1, 0.15) is 5.82 Å². The van der Waals surface area contributed by atoms with Gasteiger partial charge < -0.3 is 15.0 Å². The number of rotatable bonds is 3. The first-order valence-corrected chi connectivity index (χ1v) is 7.24. The smallest absolute Gasteiger partial charge is 0.180 e. The van der Waals surface area contributed by atoms with Crippen molar-refractivity contribution in [1.82, 2.24) is 14.4 Å². The summed E-state index contributed by atoms with van der Waals surface area (Å²) in [6.45, 7) is 0. The number of benzene rings is 1. The zero-order valence-electron chi connectivity index (χ0n) is 11.9. The standard InChI is InChI=1S/C16H17N5/c1-17-14-10-21-8-7-18-16(21)15(20-14)19-13-6-5-11-3-2-4-12(11)9-13/h5-10,17H,2-4H2,1H3,(H,19,20). The van der Waals surface area contributed by atoms with Crippen LogP contribution in [0, 0.1) is 0 Å². The minimum absolute atomic E-state index is 0.768. The van der Waals surface area contributed by atoms with Crippen molar-refractivity contribution in [2.45, 2.75) is 19.3 Å². The maximum Gasteiger partial charge on any atom is 0.180 e. The van der Waals surface area contributed by atoms with E-state index in [0.29, 0.717) is 0 Å². The molecular formula is C16H17N5. The molecule has 21 heavy (non-hydrogen) atoms. The summed E-state index contributed by atoms with van der Waals surface area (Å²) < 4.78 is 1.97. The van der Waals surface area contributed by atoms with E-state index in [2.05, 4.69) is 38.8 Å². The first-order chi connectivity index (χ1) is 10.3. The fraction of sp³-hybridized carbons (Fsp3) is 0.250. The second kappa shape index (κ2) is 4.77. The summed E-state index contributed by atoms with van der Waals surface area (Å²) in [5.41, 5.74) is 4.82. The average Bonchev–Trinajstić information content (AvgIpc) is 3.14. The van der Waals surface area contributed by atoms with E-state index in [1.165, 1.54) is 30.4 Å². The fourth-order valence-electron chi connectivity index (χ4n) is 2.92. The minimum atomic E-state index is 0.768. The van der Waals surface area contributed by atoms with Gasteiger partial charge in [-0.2, -0.15) is 0 Å². The van der Waals surface area contributed by atoms with Gasteiger partial charge in [0.2, 0.25) is 0 Å². The van der Waals surface area contributed by atoms with Crippen LogP contribution in [0.25, 0.3) is 5.65 Å². The van der Waals surface area contributed by atoms with Gasteiger partial charge in [0, 0.05) is 25.1 Å². The SMILES string of the molecule is CNc1cn2ccnc2c(Nc2ccc3c(c2)CCC3)n1. The monoisotopic (exact) mass is 279 g/mol. The normalized spacial score (nSPS) is 13.4. The zero-order valence-corrected chi connectivity index (χ0v) is 11.9. The maximum absolute atomic E-state index is 4.57. The molecule has 0 unspecified atom stereocenters. The zero-order chi connectivity index (χ0) is 14.2. The Kier molecular flexibility index (Phi) is 2.77. The summed E-state index contributed by atoms with van der Waals surface area (Å²) in [4.78, 5) is 8.95. The fourth-order valence-corrected chi connectivity index (χ4v) is 2.92. The van der Waals surface area contributed by atoms with Crippen LogP contribution in [-0.4, -0.2) is 21.4 Å². The molecule has 1 aliphatic carbocycles. The van der Waals surface area contributed by atoms with E-state index in [-0.39, 0.29) is 0 Å². The van der Waals surface area contributed by atoms with Gasteiger partial charge in [-0.25, -0.2) is 9.97 Å². The van der Waals surface area contributed by atoms with Crippen molar-refractivity contribution in [2.24, 2.45) is 0 Å². The highest BCUT2D eigenvalue weighted by Gasteiger charge is 2.12. The molecule has 0 bridgehead atoms. The highest BCUT2D eigenvalue weighted by atomic mass is 15.1. The second-order valence-corrected chi connectivity index (χ2v) is 5.34. The average molecular weight is 279 g/mol. The molecule has 0 aliphatic heterocycles. The first kappa shape index (κ1) is 12.2. The van der Waals surface area contributed by atoms with Crippen LogP contribution in [0.5, 0.6) is 0 Å². The first-order valence-electron chi connectivity index (χ1n) is 7.24. The molecule has 0 radical (unpaired) electrons. The van der Waals surface area contributed by atoms with Crippen LogP contribution in [-0.2, 0) is 12.8 Å². The quantitative estimate of drug-likeness (QED) is 0.774. The lowest BCUT2D eigenvalue weighted by Crippen LogP contribution is -2.02. The third-order valence-electron chi connectivity index (χ3n) is 3.99. The molecule has 106 valence electrons. The molecule has 0 saturated carbocycles. The van der Waals surface area contributed by atoms with Gasteiger partial charge in [-0.15, -0.1) is 0 Å². The number of hydrogen-bond donors (Lipinski definition) is 2. The van der Waals surface area contributed by atoms with Crippen molar-refractivity contribution >= 4 is 23.0 Å². The van der Waals surface area contributed by atoms with Gasteiger partial charge in [-0.05, 0) is 42.5 Å². The molecule has 0 fully saturated rings. The number of hydrogen-bond acceptors (Lipinski definition) is 4. The summed E-state index contributed by atoms with van der Waals surface area (Å²) in [5.74, 6) is 1.58. The van der Waals surface area contributed by atoms with Gasteiger partial charge >= 0.3 is 0 Å². The molecule has 4 rings (SSSR count). The number of imidazole rings is 1. The number of anilines is 3. The number of aryl methyl sites for hydroxylation is 2. The predicted molar refractivity (Wildman–Crippen MR) is 84.3 cm³/mol. The van der Waals surface area contributed by atoms with Crippen molar-refractivity contribution < 1.29 is 0 Å². The summed E-state index contributed by atoms with van der Waals surface area (Å²) in [6, 6.07) is 6.57. The lowest BCUT2D eigenvalue weighted by atomic mass is 10.1. The summed E-state index contributed by atoms with van der Waals surface area (Å²) in [6.07, 6.45) is 9.27. The second-order valence-electron chi connectivity index (χ2n) is 5.34. The van der Waals surface area contributed by atoms with Crippen LogP contribution >= 0.6 is 0 Å². The highest BCUT2D eigenvalue weighted by Crippen LogP contribution is 2.27. The third kappa shape index (κ3) is 2.11. The minimum Gasteiger partial charge on any atom is -0.372 e. The van der Waals surface area contributed by atoms with E-state index in [9.17, 15) is 0 Å². The Hall–Kier alpha value is -2.56. The van der Waals surface area contributed by atoms with E-state index in [1.54, 1.807) is 6.20 Å². The van der Waals surface area contributed by atoms with Gasteiger partial charge in [-0.3, -0.25) is 0 Å². The van der Waals surface area contributed by atoms with E-state index < -0.39 is 0 Å². The number of aromatic nitrogens is 3. The molecule has 0 saturated heterocycles. The van der Waals surface area contributed by atoms with Gasteiger partial charge in [0.05, 0.1) is 6.20 Å². The van der Waals surface area contributed by atoms with Crippen LogP contribution in [0.4, 0.5) is 17.3 Å². The Labute approximate surface area is 123 Å². The number of nitrogens with one attached hydrogen (secondary N) is 2. The molecule has 0 atom stereocenters. The summed E-state index contributed by atoms with van der Waals surface area (Å²) >= 11 is 0. The van der Waals surface area contributed by atoms with E-state index in [0.717, 1.165) is 23.0 Å². The predicted octanol–water partition coefficient (Wildman–Crippen LogP) is 3.00. The molecule has 2 heterocycles. The van der Waals surface area contributed by atoms with Crippen LogP contribution in [0.15, 0.2) is 36.8 Å². The van der Waals surface area contributed by atoms with Crippen molar-refractivity contribution in [2.75, 3.05) is 17.7 Å². The topological polar surface area (TPSA) is 54.2 Å². The van der Waals surface area contributed by atoms with Gasteiger partial charge in [0.25, 0.3) is 0 Å². The molecule has 2 N–H and O–H groups in total. The largest absolute Gasteiger partial charge is 0.372 e.